The predicted molar refractivity (Wildman–Crippen MR) is 59.2 cm³/mol. The van der Waals surface area contributed by atoms with Crippen LogP contribution in [0.15, 0.2) is 0 Å². The van der Waals surface area contributed by atoms with E-state index in [1.165, 1.54) is 0 Å². The first kappa shape index (κ1) is 15.2. The predicted octanol–water partition coefficient (Wildman–Crippen LogP) is -0.413. The van der Waals surface area contributed by atoms with Crippen molar-refractivity contribution in [3.05, 3.63) is 0 Å². The Morgan fingerprint density at radius 3 is 2.56 bits per heavy atom. The van der Waals surface area contributed by atoms with Crippen molar-refractivity contribution in [2.75, 3.05) is 52.5 Å². The van der Waals surface area contributed by atoms with E-state index in [2.05, 4.69) is 10.2 Å². The Bertz CT molecular complexity index is 255. The van der Waals surface area contributed by atoms with Crippen molar-refractivity contribution in [2.45, 2.75) is 6.18 Å². The highest BCUT2D eigenvalue weighted by molar-refractivity contribution is 5.77. The minimum atomic E-state index is -4.36. The van der Waals surface area contributed by atoms with Crippen LogP contribution in [-0.4, -0.2) is 69.5 Å². The van der Waals surface area contributed by atoms with E-state index in [1.54, 1.807) is 5.32 Å². The SMILES string of the molecule is O=C(CNCCN1CCOCC1)NCC(F)(F)F. The van der Waals surface area contributed by atoms with Gasteiger partial charge in [0, 0.05) is 26.2 Å². The van der Waals surface area contributed by atoms with Crippen molar-refractivity contribution in [2.24, 2.45) is 0 Å². The third kappa shape index (κ3) is 7.46. The van der Waals surface area contributed by atoms with Gasteiger partial charge in [0.1, 0.15) is 6.54 Å². The summed E-state index contributed by atoms with van der Waals surface area (Å²) >= 11 is 0. The maximum atomic E-state index is 11.8. The Morgan fingerprint density at radius 1 is 1.28 bits per heavy atom. The van der Waals surface area contributed by atoms with Crippen LogP contribution in [0.1, 0.15) is 0 Å². The number of alkyl halides is 3. The van der Waals surface area contributed by atoms with E-state index in [9.17, 15) is 18.0 Å². The van der Waals surface area contributed by atoms with Crippen molar-refractivity contribution < 1.29 is 22.7 Å². The molecule has 106 valence electrons. The smallest absolute Gasteiger partial charge is 0.379 e. The molecule has 18 heavy (non-hydrogen) atoms. The van der Waals surface area contributed by atoms with E-state index in [0.29, 0.717) is 19.8 Å². The fraction of sp³-hybridized carbons (Fsp3) is 0.900. The van der Waals surface area contributed by atoms with Crippen LogP contribution in [0.2, 0.25) is 0 Å². The van der Waals surface area contributed by atoms with Gasteiger partial charge in [0.05, 0.1) is 19.8 Å². The van der Waals surface area contributed by atoms with Crippen LogP contribution in [-0.2, 0) is 9.53 Å². The average Bonchev–Trinajstić information content (AvgIpc) is 2.33. The molecular weight excluding hydrogens is 251 g/mol. The lowest BCUT2D eigenvalue weighted by Crippen LogP contribution is -2.43. The highest BCUT2D eigenvalue weighted by Gasteiger charge is 2.27. The number of amides is 1. The van der Waals surface area contributed by atoms with Gasteiger partial charge in [-0.1, -0.05) is 0 Å². The lowest BCUT2D eigenvalue weighted by Gasteiger charge is -2.26. The molecule has 0 atom stereocenters. The van der Waals surface area contributed by atoms with Crippen LogP contribution in [0, 0.1) is 0 Å². The molecule has 1 heterocycles. The van der Waals surface area contributed by atoms with Crippen molar-refractivity contribution >= 4 is 5.91 Å². The minimum Gasteiger partial charge on any atom is -0.379 e. The molecule has 0 spiro atoms. The van der Waals surface area contributed by atoms with Crippen LogP contribution in [0.5, 0.6) is 0 Å². The molecule has 0 aromatic carbocycles. The zero-order chi connectivity index (χ0) is 13.4. The van der Waals surface area contributed by atoms with Gasteiger partial charge in [0.15, 0.2) is 0 Å². The van der Waals surface area contributed by atoms with Gasteiger partial charge >= 0.3 is 6.18 Å². The molecule has 1 aliphatic heterocycles. The van der Waals surface area contributed by atoms with E-state index in [0.717, 1.165) is 19.6 Å². The number of hydrogen-bond donors (Lipinski definition) is 2. The molecule has 1 amide bonds. The summed E-state index contributed by atoms with van der Waals surface area (Å²) in [5.41, 5.74) is 0. The third-order valence-corrected chi connectivity index (χ3v) is 2.48. The van der Waals surface area contributed by atoms with E-state index < -0.39 is 18.6 Å². The molecule has 1 fully saturated rings. The highest BCUT2D eigenvalue weighted by atomic mass is 19.4. The molecule has 1 rings (SSSR count). The second-order valence-corrected chi connectivity index (χ2v) is 4.02. The summed E-state index contributed by atoms with van der Waals surface area (Å²) in [5, 5.41) is 4.61. The number of hydrogen-bond acceptors (Lipinski definition) is 4. The number of halogens is 3. The topological polar surface area (TPSA) is 53.6 Å². The number of ether oxygens (including phenoxy) is 1. The molecule has 0 unspecified atom stereocenters. The quantitative estimate of drug-likeness (QED) is 0.644. The maximum Gasteiger partial charge on any atom is 0.405 e. The first-order valence-corrected chi connectivity index (χ1v) is 5.81. The number of carbonyl (C=O) groups is 1. The van der Waals surface area contributed by atoms with Gasteiger partial charge in [-0.05, 0) is 0 Å². The summed E-state index contributed by atoms with van der Waals surface area (Å²) in [7, 11) is 0. The summed E-state index contributed by atoms with van der Waals surface area (Å²) in [6.07, 6.45) is -4.36. The molecule has 2 N–H and O–H groups in total. The highest BCUT2D eigenvalue weighted by Crippen LogP contribution is 2.11. The summed E-state index contributed by atoms with van der Waals surface area (Å²) < 4.78 is 40.6. The summed E-state index contributed by atoms with van der Waals surface area (Å²) in [4.78, 5) is 13.2. The lowest BCUT2D eigenvalue weighted by molar-refractivity contribution is -0.137. The number of carbonyl (C=O) groups excluding carboxylic acids is 1. The van der Waals surface area contributed by atoms with Gasteiger partial charge in [-0.2, -0.15) is 13.2 Å². The molecule has 1 aliphatic rings. The molecule has 0 aromatic rings. The zero-order valence-electron chi connectivity index (χ0n) is 10.1. The van der Waals surface area contributed by atoms with Gasteiger partial charge in [-0.3, -0.25) is 9.69 Å². The number of morpholine rings is 1. The Hall–Kier alpha value is -0.860. The largest absolute Gasteiger partial charge is 0.405 e. The van der Waals surface area contributed by atoms with Crippen molar-refractivity contribution in [3.8, 4) is 0 Å². The maximum absolute atomic E-state index is 11.8. The van der Waals surface area contributed by atoms with Gasteiger partial charge in [0.25, 0.3) is 0 Å². The van der Waals surface area contributed by atoms with Gasteiger partial charge in [0.2, 0.25) is 5.91 Å². The monoisotopic (exact) mass is 269 g/mol. The molecule has 0 radical (unpaired) electrons. The van der Waals surface area contributed by atoms with E-state index >= 15 is 0 Å². The Kier molecular flexibility index (Phi) is 6.37. The lowest BCUT2D eigenvalue weighted by atomic mass is 10.4. The van der Waals surface area contributed by atoms with Crippen molar-refractivity contribution in [1.29, 1.82) is 0 Å². The first-order chi connectivity index (χ1) is 8.47. The standard InChI is InChI=1S/C10H18F3N3O2/c11-10(12,13)8-15-9(17)7-14-1-2-16-3-5-18-6-4-16/h14H,1-8H2,(H,15,17). The summed E-state index contributed by atoms with van der Waals surface area (Å²) in [6, 6.07) is 0. The molecule has 8 heteroatoms. The van der Waals surface area contributed by atoms with Crippen LogP contribution in [0.3, 0.4) is 0 Å². The van der Waals surface area contributed by atoms with Crippen molar-refractivity contribution in [3.63, 3.8) is 0 Å². The number of nitrogens with zero attached hydrogens (tertiary/aromatic N) is 1. The minimum absolute atomic E-state index is 0.0968. The Labute approximate surface area is 104 Å². The van der Waals surface area contributed by atoms with Gasteiger partial charge < -0.3 is 15.4 Å². The van der Waals surface area contributed by atoms with Gasteiger partial charge in [-0.15, -0.1) is 0 Å². The van der Waals surface area contributed by atoms with E-state index in [1.807, 2.05) is 0 Å². The second kappa shape index (κ2) is 7.55. The van der Waals surface area contributed by atoms with Crippen molar-refractivity contribution in [1.82, 2.24) is 15.5 Å². The summed E-state index contributed by atoms with van der Waals surface area (Å²) in [5.74, 6) is -0.644. The molecule has 0 saturated carbocycles. The molecular formula is C10H18F3N3O2. The first-order valence-electron chi connectivity index (χ1n) is 5.81. The molecule has 1 saturated heterocycles. The van der Waals surface area contributed by atoms with Crippen LogP contribution in [0.25, 0.3) is 0 Å². The Balaban J connectivity index is 1.98. The number of rotatable bonds is 6. The normalized spacial score (nSPS) is 17.7. The average molecular weight is 269 g/mol. The van der Waals surface area contributed by atoms with E-state index in [4.69, 9.17) is 4.74 Å². The molecule has 0 bridgehead atoms. The fourth-order valence-corrected chi connectivity index (χ4v) is 1.53. The van der Waals surface area contributed by atoms with Crippen LogP contribution in [0.4, 0.5) is 13.2 Å². The van der Waals surface area contributed by atoms with Gasteiger partial charge in [-0.25, -0.2) is 0 Å². The summed E-state index contributed by atoms with van der Waals surface area (Å²) in [6.45, 7) is 3.05. The van der Waals surface area contributed by atoms with Crippen LogP contribution >= 0.6 is 0 Å². The van der Waals surface area contributed by atoms with Crippen LogP contribution < -0.4 is 10.6 Å². The van der Waals surface area contributed by atoms with E-state index in [-0.39, 0.29) is 6.54 Å². The number of nitrogens with one attached hydrogen (secondary N) is 2. The molecule has 0 aliphatic carbocycles. The zero-order valence-corrected chi connectivity index (χ0v) is 10.1. The molecule has 0 aromatic heterocycles. The second-order valence-electron chi connectivity index (χ2n) is 4.02. The third-order valence-electron chi connectivity index (χ3n) is 2.48. The Morgan fingerprint density at radius 2 is 1.94 bits per heavy atom. The molecule has 5 nitrogen and oxygen atoms in total. The fourth-order valence-electron chi connectivity index (χ4n) is 1.53.